The van der Waals surface area contributed by atoms with Gasteiger partial charge in [0.15, 0.2) is 115 Å². The summed E-state index contributed by atoms with van der Waals surface area (Å²) in [7, 11) is 0. The van der Waals surface area contributed by atoms with Crippen LogP contribution in [0.15, 0.2) is 0 Å². The quantitative estimate of drug-likeness (QED) is 0.114. The van der Waals surface area contributed by atoms with E-state index in [9.17, 15) is 48.3 Å². The van der Waals surface area contributed by atoms with Crippen LogP contribution < -0.4 is 0 Å². The largest absolute Gasteiger partial charge is 0.461 e. The summed E-state index contributed by atoms with van der Waals surface area (Å²) in [5.74, 6) is 6.19. The summed E-state index contributed by atoms with van der Waals surface area (Å²) < 4.78 is 131. The van der Waals surface area contributed by atoms with E-state index in [1.54, 1.807) is 6.92 Å². The molecule has 25 aliphatic carbocycles. The van der Waals surface area contributed by atoms with Gasteiger partial charge in [-0.2, -0.15) is 0 Å². The van der Waals surface area contributed by atoms with Crippen molar-refractivity contribution in [3.63, 3.8) is 0 Å². The second-order valence-corrected chi connectivity index (χ2v) is 55.1. The number of aliphatic hydroxyl groups excluding tert-OH is 1. The molecule has 804 valence electrons. The summed E-state index contributed by atoms with van der Waals surface area (Å²) in [6.45, 7) is 24.6. The minimum Gasteiger partial charge on any atom is -0.461 e. The van der Waals surface area contributed by atoms with E-state index >= 15 is 0 Å². The van der Waals surface area contributed by atoms with Crippen molar-refractivity contribution in [2.45, 2.75) is 452 Å². The van der Waals surface area contributed by atoms with Crippen LogP contribution in [0, 0.1) is 176 Å². The molecule has 0 amide bonds. The average molecular weight is 2040 g/mol. The smallest absolute Gasteiger partial charge is 0.350 e. The summed E-state index contributed by atoms with van der Waals surface area (Å²) in [6, 6.07) is 0. The van der Waals surface area contributed by atoms with E-state index in [-0.39, 0.29) is 126 Å². The van der Waals surface area contributed by atoms with Crippen LogP contribution in [0.5, 0.6) is 0 Å². The summed E-state index contributed by atoms with van der Waals surface area (Å²) in [4.78, 5) is 111. The second-order valence-electron chi connectivity index (χ2n) is 55.1. The molecule has 0 radical (unpaired) electrons. The number of cyclic esters (lactones) is 1. The first-order chi connectivity index (χ1) is 69.9. The highest BCUT2D eigenvalue weighted by Gasteiger charge is 2.79. The fraction of sp³-hybridized carbons (Fsp3) is 0.921. The number of carbonyl (C=O) groups excluding carboxylic acids is 9. The van der Waals surface area contributed by atoms with Crippen molar-refractivity contribution >= 4 is 53.4 Å². The van der Waals surface area contributed by atoms with Crippen LogP contribution in [0.3, 0.4) is 0 Å². The van der Waals surface area contributed by atoms with Gasteiger partial charge in [0.2, 0.25) is 6.10 Å². The van der Waals surface area contributed by atoms with Crippen LogP contribution in [0.4, 0.5) is 0 Å². The van der Waals surface area contributed by atoms with Crippen LogP contribution in [-0.4, -0.2) is 242 Å². The number of fused-ring (bicyclic) bond motifs is 12. The van der Waals surface area contributed by atoms with E-state index in [0.29, 0.717) is 106 Å². The SMILES string of the molecule is CC(=O)OC1C(=O)OC2C3OC4(OC3OC12)C1CC2CC4CC(C)(C2)C1.CC12CC3CC(C1)C1(OC4COC(=O)C4O1)C(C3)C2.CC12CC3CC(C1)C1(OC4OC5C(O)C(=O)OC5C4O1)C(C3)C2.CCC1(OC(=O)C2C3CC4C(OCC(=O)C42)C3C)C2CC3CC(C2)CC1C3.CCC1(OC(=O)C2C3CC4C(OCC(=O)C42)C3C)CCCCC1.CCOC(C)OC1C(=O)OC2C3OC4(OC3OC12)C1CC2CC4CC(C)(C2)C1. The number of hydrogen-bond donors (Lipinski definition) is 1. The summed E-state index contributed by atoms with van der Waals surface area (Å²) >= 11 is 0. The Morgan fingerprint density at radius 3 is 1.19 bits per heavy atom. The average Bonchev–Trinajstić information content (AvgIpc) is 1.53. The van der Waals surface area contributed by atoms with Crippen molar-refractivity contribution in [2.24, 2.45) is 176 Å². The first-order valence-electron chi connectivity index (χ1n) is 57.9. The van der Waals surface area contributed by atoms with Crippen molar-refractivity contribution in [1.82, 2.24) is 0 Å². The molecule has 0 aromatic carbocycles. The van der Waals surface area contributed by atoms with Crippen LogP contribution in [0.1, 0.15) is 294 Å². The number of aliphatic hydroxyl groups is 1. The molecular formula is C114H156O32. The molecule has 38 atom stereocenters. The number of Topliss-reactive ketones (excluding diaryl/α,β-unsaturated/α-hetero) is 2. The van der Waals surface area contributed by atoms with Crippen molar-refractivity contribution in [1.29, 1.82) is 0 Å². The van der Waals surface area contributed by atoms with Gasteiger partial charge in [-0.15, -0.1) is 0 Å². The fourth-order valence-corrected chi connectivity index (χ4v) is 41.9. The highest BCUT2D eigenvalue weighted by Crippen LogP contribution is 2.74. The van der Waals surface area contributed by atoms with Crippen molar-refractivity contribution < 1.29 is 152 Å². The van der Waals surface area contributed by atoms with Crippen LogP contribution in [0.2, 0.25) is 0 Å². The Kier molecular flexibility index (Phi) is 23.1. The van der Waals surface area contributed by atoms with Crippen molar-refractivity contribution in [2.75, 3.05) is 26.4 Å². The van der Waals surface area contributed by atoms with Crippen LogP contribution >= 0.6 is 0 Å². The Hall–Kier alpha value is -5.01. The normalized spacial score (nSPS) is 57.3. The minimum absolute atomic E-state index is 0.0395. The maximum atomic E-state index is 13.6. The number of ether oxygens (including phenoxy) is 22. The molecule has 0 aromatic heterocycles. The Labute approximate surface area is 855 Å². The highest BCUT2D eigenvalue weighted by molar-refractivity contribution is 5.91. The molecule has 1 N–H and O–H groups in total. The zero-order valence-electron chi connectivity index (χ0n) is 87.0. The van der Waals surface area contributed by atoms with Gasteiger partial charge in [-0.05, 0) is 330 Å². The van der Waals surface area contributed by atoms with E-state index in [1.807, 2.05) is 6.92 Å². The number of ketones is 2. The van der Waals surface area contributed by atoms with Crippen molar-refractivity contribution in [3.8, 4) is 0 Å². The Morgan fingerprint density at radius 1 is 0.397 bits per heavy atom. The van der Waals surface area contributed by atoms with Gasteiger partial charge in [-0.3, -0.25) is 24.0 Å². The number of rotatable bonds is 11. The Morgan fingerprint density at radius 2 is 0.788 bits per heavy atom. The van der Waals surface area contributed by atoms with Gasteiger partial charge in [0.25, 0.3) is 0 Å². The molecule has 13 heterocycles. The molecule has 32 nitrogen and oxygen atoms in total. The molecule has 0 aromatic rings. The predicted molar refractivity (Wildman–Crippen MR) is 503 cm³/mol. The summed E-state index contributed by atoms with van der Waals surface area (Å²) in [5, 5.41) is 9.85. The molecule has 13 saturated heterocycles. The third kappa shape index (κ3) is 14.8. The molecule has 25 saturated carbocycles. The third-order valence-corrected chi connectivity index (χ3v) is 46.2. The lowest BCUT2D eigenvalue weighted by molar-refractivity contribution is -0.334. The van der Waals surface area contributed by atoms with Crippen LogP contribution in [0.25, 0.3) is 0 Å². The lowest BCUT2D eigenvalue weighted by atomic mass is 9.48. The zero-order chi connectivity index (χ0) is 100. The van der Waals surface area contributed by atoms with Gasteiger partial charge in [0.1, 0.15) is 55.4 Å². The molecule has 38 unspecified atom stereocenters. The van der Waals surface area contributed by atoms with Gasteiger partial charge < -0.3 is 109 Å². The van der Waals surface area contributed by atoms with Gasteiger partial charge in [-0.1, -0.05) is 61.8 Å². The van der Waals surface area contributed by atoms with E-state index in [4.69, 9.17) is 104 Å². The van der Waals surface area contributed by atoms with Gasteiger partial charge >= 0.3 is 41.8 Å². The first kappa shape index (κ1) is 97.9. The molecule has 13 aliphatic heterocycles. The maximum Gasteiger partial charge on any atom is 0.350 e. The Balaban J connectivity index is 0.0000000851. The highest BCUT2D eigenvalue weighted by atomic mass is 16.9. The summed E-state index contributed by atoms with van der Waals surface area (Å²) in [5.41, 5.74) is 1.26. The fourth-order valence-electron chi connectivity index (χ4n) is 41.9. The molecule has 24 bridgehead atoms. The van der Waals surface area contributed by atoms with E-state index < -0.39 is 145 Å². The number of hydrogen-bond acceptors (Lipinski definition) is 32. The van der Waals surface area contributed by atoms with E-state index in [0.717, 1.165) is 138 Å². The molecule has 38 rings (SSSR count). The number of esters is 7. The van der Waals surface area contributed by atoms with Gasteiger partial charge in [-0.25, -0.2) is 19.2 Å². The van der Waals surface area contributed by atoms with Crippen LogP contribution in [-0.2, 0) is 147 Å². The second kappa shape index (κ2) is 34.5. The van der Waals surface area contributed by atoms with E-state index in [1.165, 1.54) is 122 Å². The topological polar surface area (TPSA) is 377 Å². The van der Waals surface area contributed by atoms with Gasteiger partial charge in [0.05, 0.1) is 24.0 Å². The monoisotopic (exact) mass is 2040 g/mol. The number of carbonyl (C=O) groups is 9. The minimum atomic E-state index is -1.22. The molecule has 38 aliphatic rings. The van der Waals surface area contributed by atoms with Gasteiger partial charge in [0, 0.05) is 72.7 Å². The molecule has 38 fully saturated rings. The summed E-state index contributed by atoms with van der Waals surface area (Å²) in [6.07, 6.45) is 29.9. The third-order valence-electron chi connectivity index (χ3n) is 46.2. The zero-order valence-corrected chi connectivity index (χ0v) is 87.0. The van der Waals surface area contributed by atoms with Crippen molar-refractivity contribution in [3.05, 3.63) is 0 Å². The molecule has 4 spiro atoms. The standard InChI is InChI=1S/C23H32O4.C21H30O7.C19H24O7.C19H28O4.C17H22O6.C15H20O4/c1-3-23(14-5-12-4-13(7-14)8-15(23)6-12)27-22(25)20-16-9-17-19(20)18(24)10-26-21(17)11(16)2;1-4-23-10(2)24-16-14-15(25-18(16)22)17-19(26-14)28-21(27-17)12-5-11-6-13(21)9-20(3,7-11)8-12;1-8(20)22-14-12-13(23-16(14)21)15-17(24-12)26-19(25-15)10-3-9-4-11(19)7-18(2,5-9)6-10;1-3-19(7-5-4-6-8-19)23-18(21)16-12-9-13-15(16)14(20)10-22-17(13)11(12)2;1-16-4-7-2-8(5-16)17(9(3-7)6-16)22-13-12-11(21-15(13)23-17)10(18)14(19)20-12;1-14-4-8-2-9(5-14)15(10(3-8)6-14)18-11-7-17-13(16)12(11)19-15/h11-17,19-21H,3-10H2,1-2H3;10-17,19H,4-9H2,1-3H3;9-15,17H,3-7H2,1-2H3;11-13,15-17H,3-10H2,1-2H3;7-13,15,18H,2-6H2,1H3;8-12H,2-7H2,1H3. The maximum absolute atomic E-state index is 13.6. The Bertz CT molecular complexity index is 5120. The van der Waals surface area contributed by atoms with E-state index in [2.05, 4.69) is 55.4 Å². The molecule has 146 heavy (non-hydrogen) atoms. The molecular weight excluding hydrogens is 1880 g/mol. The predicted octanol–water partition coefficient (Wildman–Crippen LogP) is 13.5. The first-order valence-corrected chi connectivity index (χ1v) is 57.9. The molecule has 32 heteroatoms. The lowest BCUT2D eigenvalue weighted by Crippen LogP contribution is -2.61. The lowest BCUT2D eigenvalue weighted by Gasteiger charge is -2.62.